The maximum absolute atomic E-state index is 12.4. The molecular weight excluding hydrogens is 269 g/mol. The van der Waals surface area contributed by atoms with Crippen LogP contribution in [0.5, 0.6) is 0 Å². The van der Waals surface area contributed by atoms with Crippen LogP contribution in [-0.4, -0.2) is 11.6 Å². The molecule has 0 amide bonds. The summed E-state index contributed by atoms with van der Waals surface area (Å²) in [4.78, 5) is 0. The van der Waals surface area contributed by atoms with Gasteiger partial charge in [0.1, 0.15) is 0 Å². The van der Waals surface area contributed by atoms with Gasteiger partial charge in [0.15, 0.2) is 0 Å². The van der Waals surface area contributed by atoms with Gasteiger partial charge in [0.2, 0.25) is 0 Å². The maximum atomic E-state index is 12.4. The first-order valence-electron chi connectivity index (χ1n) is 5.34. The summed E-state index contributed by atoms with van der Waals surface area (Å²) < 4.78 is 37.3. The van der Waals surface area contributed by atoms with Crippen molar-refractivity contribution in [3.8, 4) is 0 Å². The van der Waals surface area contributed by atoms with E-state index in [2.05, 4.69) is 0 Å². The minimum Gasteiger partial charge on any atom is -0.166 e. The van der Waals surface area contributed by atoms with Crippen LogP contribution in [0.15, 0.2) is 24.3 Å². The molecule has 0 aliphatic carbocycles. The third-order valence-electron chi connectivity index (χ3n) is 2.20. The Bertz CT molecular complexity index is 339. The molecule has 0 radical (unpaired) electrons. The average Bonchev–Trinajstić information content (AvgIpc) is 2.28. The Morgan fingerprint density at radius 1 is 1.18 bits per heavy atom. The molecule has 0 spiro atoms. The van der Waals surface area contributed by atoms with Crippen LogP contribution in [0, 0.1) is 0 Å². The first-order chi connectivity index (χ1) is 8.04. The highest BCUT2D eigenvalue weighted by molar-refractivity contribution is 7.98. The van der Waals surface area contributed by atoms with Crippen molar-refractivity contribution in [1.82, 2.24) is 0 Å². The molecule has 0 aliphatic rings. The molecule has 0 N–H and O–H groups in total. The van der Waals surface area contributed by atoms with Gasteiger partial charge in [0, 0.05) is 11.6 Å². The average molecular weight is 283 g/mol. The zero-order valence-electron chi connectivity index (χ0n) is 9.27. The van der Waals surface area contributed by atoms with Crippen molar-refractivity contribution in [2.75, 3.05) is 11.6 Å². The number of halogens is 4. The van der Waals surface area contributed by atoms with Crippen LogP contribution < -0.4 is 0 Å². The van der Waals surface area contributed by atoms with Crippen LogP contribution in [0.2, 0.25) is 0 Å². The smallest absolute Gasteiger partial charge is 0.166 e. The highest BCUT2D eigenvalue weighted by Crippen LogP contribution is 2.30. The number of benzene rings is 1. The molecule has 0 bridgehead atoms. The molecule has 5 heteroatoms. The van der Waals surface area contributed by atoms with Crippen LogP contribution in [0.3, 0.4) is 0 Å². The number of hydrogen-bond donors (Lipinski definition) is 0. The largest absolute Gasteiger partial charge is 0.416 e. The van der Waals surface area contributed by atoms with E-state index in [1.54, 1.807) is 17.8 Å². The van der Waals surface area contributed by atoms with Crippen molar-refractivity contribution in [2.24, 2.45) is 0 Å². The highest BCUT2D eigenvalue weighted by Gasteiger charge is 2.30. The van der Waals surface area contributed by atoms with E-state index < -0.39 is 11.7 Å². The van der Waals surface area contributed by atoms with Crippen LogP contribution >= 0.6 is 23.4 Å². The molecule has 0 unspecified atom stereocenters. The summed E-state index contributed by atoms with van der Waals surface area (Å²) in [5.74, 6) is 2.19. The third-order valence-corrected chi connectivity index (χ3v) is 3.58. The Labute approximate surface area is 109 Å². The fraction of sp³-hybridized carbons (Fsp3) is 0.500. The molecule has 0 heterocycles. The van der Waals surface area contributed by atoms with E-state index in [4.69, 9.17) is 11.6 Å². The van der Waals surface area contributed by atoms with Gasteiger partial charge in [-0.3, -0.25) is 0 Å². The van der Waals surface area contributed by atoms with Gasteiger partial charge >= 0.3 is 6.18 Å². The molecule has 0 aliphatic heterocycles. The van der Waals surface area contributed by atoms with Gasteiger partial charge in [-0.2, -0.15) is 24.9 Å². The van der Waals surface area contributed by atoms with Crippen LogP contribution in [0.1, 0.15) is 24.0 Å². The monoisotopic (exact) mass is 282 g/mol. The van der Waals surface area contributed by atoms with E-state index in [0.717, 1.165) is 30.2 Å². The Kier molecular flexibility index (Phi) is 6.20. The van der Waals surface area contributed by atoms with Crippen LogP contribution in [0.25, 0.3) is 0 Å². The lowest BCUT2D eigenvalue weighted by Crippen LogP contribution is -2.04. The van der Waals surface area contributed by atoms with Gasteiger partial charge < -0.3 is 0 Å². The first kappa shape index (κ1) is 14.7. The Morgan fingerprint density at radius 3 is 2.59 bits per heavy atom. The molecule has 1 aromatic rings. The van der Waals surface area contributed by atoms with Gasteiger partial charge in [-0.05, 0) is 30.2 Å². The fourth-order valence-corrected chi connectivity index (χ4v) is 2.48. The van der Waals surface area contributed by atoms with Crippen molar-refractivity contribution < 1.29 is 13.2 Å². The Hall–Kier alpha value is -0.350. The number of thioether (sulfide) groups is 1. The quantitative estimate of drug-likeness (QED) is 0.525. The minimum atomic E-state index is -4.25. The van der Waals surface area contributed by atoms with Gasteiger partial charge in [0.25, 0.3) is 0 Å². The number of rotatable bonds is 6. The summed E-state index contributed by atoms with van der Waals surface area (Å²) in [6.45, 7) is 0. The summed E-state index contributed by atoms with van der Waals surface area (Å²) in [6, 6.07) is 5.50. The van der Waals surface area contributed by atoms with Crippen molar-refractivity contribution >= 4 is 23.4 Å². The number of alkyl halides is 4. The second-order valence-electron chi connectivity index (χ2n) is 3.65. The van der Waals surface area contributed by atoms with Crippen molar-refractivity contribution in [1.29, 1.82) is 0 Å². The van der Waals surface area contributed by atoms with E-state index in [9.17, 15) is 13.2 Å². The standard InChI is InChI=1S/C12H14ClF3S/c13-6-1-2-7-17-9-10-4-3-5-11(8-10)12(14,15)16/h3-5,8H,1-2,6-7,9H2. The fourth-order valence-electron chi connectivity index (χ4n) is 1.33. The topological polar surface area (TPSA) is 0 Å². The van der Waals surface area contributed by atoms with E-state index in [1.165, 1.54) is 12.1 Å². The molecular formula is C12H14ClF3S. The predicted molar refractivity (Wildman–Crippen MR) is 67.6 cm³/mol. The molecule has 0 atom stereocenters. The van der Waals surface area contributed by atoms with E-state index >= 15 is 0 Å². The Balaban J connectivity index is 2.44. The zero-order valence-corrected chi connectivity index (χ0v) is 10.8. The van der Waals surface area contributed by atoms with Crippen LogP contribution in [-0.2, 0) is 11.9 Å². The summed E-state index contributed by atoms with van der Waals surface area (Å²) >= 11 is 7.17. The lowest BCUT2D eigenvalue weighted by atomic mass is 10.1. The first-order valence-corrected chi connectivity index (χ1v) is 7.03. The molecule has 0 nitrogen and oxygen atoms in total. The minimum absolute atomic E-state index is 0.573. The van der Waals surface area contributed by atoms with E-state index in [-0.39, 0.29) is 0 Å². The highest BCUT2D eigenvalue weighted by atomic mass is 35.5. The predicted octanol–water partition coefficient (Wildman–Crippen LogP) is 4.96. The summed E-state index contributed by atoms with van der Waals surface area (Å²) in [5.41, 5.74) is 0.145. The van der Waals surface area contributed by atoms with E-state index in [0.29, 0.717) is 11.6 Å². The summed E-state index contributed by atoms with van der Waals surface area (Å²) in [5, 5.41) is 0. The van der Waals surface area contributed by atoms with Gasteiger partial charge in [-0.15, -0.1) is 11.6 Å². The lowest BCUT2D eigenvalue weighted by molar-refractivity contribution is -0.137. The molecule has 1 aromatic carbocycles. The second-order valence-corrected chi connectivity index (χ2v) is 5.13. The van der Waals surface area contributed by atoms with E-state index in [1.807, 2.05) is 0 Å². The molecule has 0 fully saturated rings. The maximum Gasteiger partial charge on any atom is 0.416 e. The number of hydrogen-bond acceptors (Lipinski definition) is 1. The van der Waals surface area contributed by atoms with Gasteiger partial charge in [-0.25, -0.2) is 0 Å². The van der Waals surface area contributed by atoms with Crippen molar-refractivity contribution in [2.45, 2.75) is 24.8 Å². The third kappa shape index (κ3) is 5.68. The normalized spacial score (nSPS) is 11.8. The van der Waals surface area contributed by atoms with Crippen molar-refractivity contribution in [3.05, 3.63) is 35.4 Å². The lowest BCUT2D eigenvalue weighted by Gasteiger charge is -2.08. The van der Waals surface area contributed by atoms with Gasteiger partial charge in [-0.1, -0.05) is 18.2 Å². The molecule has 0 aromatic heterocycles. The van der Waals surface area contributed by atoms with Crippen LogP contribution in [0.4, 0.5) is 13.2 Å². The van der Waals surface area contributed by atoms with Crippen molar-refractivity contribution in [3.63, 3.8) is 0 Å². The number of unbranched alkanes of at least 4 members (excludes halogenated alkanes) is 1. The Morgan fingerprint density at radius 2 is 1.94 bits per heavy atom. The zero-order chi connectivity index (χ0) is 12.7. The molecule has 17 heavy (non-hydrogen) atoms. The molecule has 0 saturated heterocycles. The summed E-state index contributed by atoms with van der Waals surface area (Å²) in [6.07, 6.45) is -2.29. The second kappa shape index (κ2) is 7.17. The van der Waals surface area contributed by atoms with Gasteiger partial charge in [0.05, 0.1) is 5.56 Å². The molecule has 0 saturated carbocycles. The molecule has 96 valence electrons. The summed E-state index contributed by atoms with van der Waals surface area (Å²) in [7, 11) is 0. The SMILES string of the molecule is FC(F)(F)c1cccc(CSCCCCCl)c1. The molecule has 1 rings (SSSR count).